The molecule has 0 aliphatic heterocycles. The Bertz CT molecular complexity index is 2760. The fourth-order valence-corrected chi connectivity index (χ4v) is 7.06. The number of furan rings is 1. The van der Waals surface area contributed by atoms with E-state index in [4.69, 9.17) is 19.4 Å². The van der Waals surface area contributed by atoms with E-state index in [0.29, 0.717) is 17.5 Å². The predicted octanol–water partition coefficient (Wildman–Crippen LogP) is 11.5. The highest BCUT2D eigenvalue weighted by molar-refractivity contribution is 6.09. The molecule has 3 aromatic heterocycles. The molecule has 0 unspecified atom stereocenters. The van der Waals surface area contributed by atoms with Gasteiger partial charge in [-0.1, -0.05) is 121 Å². The molecule has 50 heavy (non-hydrogen) atoms. The smallest absolute Gasteiger partial charge is 0.164 e. The maximum absolute atomic E-state index is 6.44. The van der Waals surface area contributed by atoms with E-state index in [1.54, 1.807) is 0 Å². The molecule has 7 aromatic carbocycles. The summed E-state index contributed by atoms with van der Waals surface area (Å²) in [6.45, 7) is 0. The third kappa shape index (κ3) is 4.67. The maximum atomic E-state index is 6.44. The van der Waals surface area contributed by atoms with Gasteiger partial charge in [0.25, 0.3) is 0 Å². The Morgan fingerprint density at radius 2 is 0.880 bits per heavy atom. The highest BCUT2D eigenvalue weighted by Gasteiger charge is 2.16. The number of hydrogen-bond acceptors (Lipinski definition) is 4. The van der Waals surface area contributed by atoms with Gasteiger partial charge in [0, 0.05) is 43.9 Å². The highest BCUT2D eigenvalue weighted by atomic mass is 16.3. The number of nitrogens with zero attached hydrogens (tertiary/aromatic N) is 4. The van der Waals surface area contributed by atoms with Crippen molar-refractivity contribution >= 4 is 43.7 Å². The Morgan fingerprint density at radius 1 is 0.340 bits per heavy atom. The Hall–Kier alpha value is -6.85. The molecular weight excluding hydrogens is 613 g/mol. The van der Waals surface area contributed by atoms with Gasteiger partial charge < -0.3 is 8.98 Å². The lowest BCUT2D eigenvalue weighted by molar-refractivity contribution is 0.669. The summed E-state index contributed by atoms with van der Waals surface area (Å²) in [4.78, 5) is 14.7. The summed E-state index contributed by atoms with van der Waals surface area (Å²) in [7, 11) is 0. The molecule has 0 saturated carbocycles. The van der Waals surface area contributed by atoms with Crippen LogP contribution in [0.4, 0.5) is 0 Å². The molecule has 0 amide bonds. The molecule has 0 bridgehead atoms. The fraction of sp³-hybridized carbons (Fsp3) is 0. The average Bonchev–Trinajstić information content (AvgIpc) is 3.73. The first-order chi connectivity index (χ1) is 24.8. The minimum atomic E-state index is 0.600. The second-order valence-corrected chi connectivity index (χ2v) is 12.5. The van der Waals surface area contributed by atoms with Crippen molar-refractivity contribution in [1.29, 1.82) is 0 Å². The summed E-state index contributed by atoms with van der Waals surface area (Å²) in [5, 5.41) is 4.62. The standard InChI is InChI=1S/C45H28N4O/c1-3-12-29(13-4-1)43-46-44(30-14-5-2-6-15-30)48-45(47-43)33-22-24-37-38-27-32(23-25-41(38)50-42(37)28-33)31-16-11-17-34(26-31)49-39-20-9-7-18-35(39)36-19-8-10-21-40(36)49/h1-28H. The molecule has 0 atom stereocenters. The number of fused-ring (bicyclic) bond motifs is 6. The molecule has 234 valence electrons. The molecule has 5 nitrogen and oxygen atoms in total. The van der Waals surface area contributed by atoms with Crippen LogP contribution in [0, 0.1) is 0 Å². The van der Waals surface area contributed by atoms with E-state index in [2.05, 4.69) is 108 Å². The van der Waals surface area contributed by atoms with E-state index in [-0.39, 0.29) is 0 Å². The van der Waals surface area contributed by atoms with Crippen LogP contribution in [-0.4, -0.2) is 19.5 Å². The highest BCUT2D eigenvalue weighted by Crippen LogP contribution is 2.37. The third-order valence-corrected chi connectivity index (χ3v) is 9.45. The lowest BCUT2D eigenvalue weighted by Gasteiger charge is -2.10. The van der Waals surface area contributed by atoms with E-state index in [1.807, 2.05) is 66.7 Å². The van der Waals surface area contributed by atoms with Crippen LogP contribution in [0.1, 0.15) is 0 Å². The van der Waals surface area contributed by atoms with Crippen molar-refractivity contribution in [3.8, 4) is 51.0 Å². The van der Waals surface area contributed by atoms with Crippen molar-refractivity contribution < 1.29 is 4.42 Å². The van der Waals surface area contributed by atoms with Gasteiger partial charge in [0.15, 0.2) is 17.5 Å². The average molecular weight is 641 g/mol. The summed E-state index contributed by atoms with van der Waals surface area (Å²) in [6, 6.07) is 58.7. The molecule has 0 N–H and O–H groups in total. The van der Waals surface area contributed by atoms with Gasteiger partial charge in [-0.25, -0.2) is 15.0 Å². The van der Waals surface area contributed by atoms with Crippen LogP contribution in [0.2, 0.25) is 0 Å². The van der Waals surface area contributed by atoms with Gasteiger partial charge in [0.05, 0.1) is 11.0 Å². The van der Waals surface area contributed by atoms with E-state index < -0.39 is 0 Å². The molecule has 5 heteroatoms. The Balaban J connectivity index is 1.07. The molecule has 0 spiro atoms. The van der Waals surface area contributed by atoms with Crippen molar-refractivity contribution in [1.82, 2.24) is 19.5 Å². The van der Waals surface area contributed by atoms with Crippen molar-refractivity contribution in [2.24, 2.45) is 0 Å². The van der Waals surface area contributed by atoms with Crippen LogP contribution in [0.25, 0.3) is 94.7 Å². The first kappa shape index (κ1) is 28.2. The molecule has 10 aromatic rings. The lowest BCUT2D eigenvalue weighted by Crippen LogP contribution is -2.00. The summed E-state index contributed by atoms with van der Waals surface area (Å²) < 4.78 is 8.80. The second kappa shape index (κ2) is 11.4. The summed E-state index contributed by atoms with van der Waals surface area (Å²) in [5.74, 6) is 1.86. The normalized spacial score (nSPS) is 11.6. The van der Waals surface area contributed by atoms with E-state index in [1.165, 1.54) is 21.8 Å². The quantitative estimate of drug-likeness (QED) is 0.188. The van der Waals surface area contributed by atoms with Gasteiger partial charge in [-0.05, 0) is 59.7 Å². The molecule has 0 fully saturated rings. The van der Waals surface area contributed by atoms with Crippen molar-refractivity contribution in [3.05, 3.63) is 170 Å². The van der Waals surface area contributed by atoms with Crippen molar-refractivity contribution in [3.63, 3.8) is 0 Å². The molecule has 0 saturated heterocycles. The van der Waals surface area contributed by atoms with Crippen molar-refractivity contribution in [2.75, 3.05) is 0 Å². The molecule has 0 aliphatic carbocycles. The first-order valence-corrected chi connectivity index (χ1v) is 16.7. The zero-order valence-electron chi connectivity index (χ0n) is 26.9. The van der Waals surface area contributed by atoms with Gasteiger partial charge in [-0.15, -0.1) is 0 Å². The van der Waals surface area contributed by atoms with Crippen LogP contribution < -0.4 is 0 Å². The number of benzene rings is 7. The molecule has 3 heterocycles. The first-order valence-electron chi connectivity index (χ1n) is 16.7. The van der Waals surface area contributed by atoms with Crippen LogP contribution in [0.15, 0.2) is 174 Å². The largest absolute Gasteiger partial charge is 0.456 e. The summed E-state index contributed by atoms with van der Waals surface area (Å²) >= 11 is 0. The Morgan fingerprint density at radius 3 is 1.54 bits per heavy atom. The monoisotopic (exact) mass is 640 g/mol. The predicted molar refractivity (Wildman–Crippen MR) is 203 cm³/mol. The minimum absolute atomic E-state index is 0.600. The van der Waals surface area contributed by atoms with Crippen LogP contribution in [0.5, 0.6) is 0 Å². The van der Waals surface area contributed by atoms with Crippen LogP contribution in [0.3, 0.4) is 0 Å². The SMILES string of the molecule is c1ccc(-c2nc(-c3ccccc3)nc(-c3ccc4c(c3)oc3ccc(-c5cccc(-n6c7ccccc7c7ccccc76)c5)cc34)n2)cc1. The molecule has 10 rings (SSSR count). The van der Waals surface area contributed by atoms with Crippen LogP contribution in [-0.2, 0) is 0 Å². The Labute approximate surface area is 287 Å². The Kier molecular flexibility index (Phi) is 6.42. The van der Waals surface area contributed by atoms with E-state index in [0.717, 1.165) is 55.4 Å². The fourth-order valence-electron chi connectivity index (χ4n) is 7.06. The van der Waals surface area contributed by atoms with Gasteiger partial charge >= 0.3 is 0 Å². The lowest BCUT2D eigenvalue weighted by atomic mass is 10.0. The van der Waals surface area contributed by atoms with Crippen LogP contribution >= 0.6 is 0 Å². The van der Waals surface area contributed by atoms with Crippen molar-refractivity contribution in [2.45, 2.75) is 0 Å². The van der Waals surface area contributed by atoms with E-state index >= 15 is 0 Å². The zero-order chi connectivity index (χ0) is 33.0. The summed E-state index contributed by atoms with van der Waals surface area (Å²) in [6.07, 6.45) is 0. The van der Waals surface area contributed by atoms with E-state index in [9.17, 15) is 0 Å². The van der Waals surface area contributed by atoms with Gasteiger partial charge in [-0.2, -0.15) is 0 Å². The molecule has 0 radical (unpaired) electrons. The number of para-hydroxylation sites is 2. The second-order valence-electron chi connectivity index (χ2n) is 12.5. The summed E-state index contributed by atoms with van der Waals surface area (Å²) in [5.41, 5.74) is 10.2. The number of aromatic nitrogens is 4. The zero-order valence-corrected chi connectivity index (χ0v) is 26.9. The van der Waals surface area contributed by atoms with Gasteiger partial charge in [-0.3, -0.25) is 0 Å². The molecular formula is C45H28N4O. The molecule has 0 aliphatic rings. The number of rotatable bonds is 5. The maximum Gasteiger partial charge on any atom is 0.164 e. The van der Waals surface area contributed by atoms with Gasteiger partial charge in [0.1, 0.15) is 11.2 Å². The third-order valence-electron chi connectivity index (χ3n) is 9.45. The minimum Gasteiger partial charge on any atom is -0.456 e. The topological polar surface area (TPSA) is 56.7 Å². The van der Waals surface area contributed by atoms with Gasteiger partial charge in [0.2, 0.25) is 0 Å². The number of hydrogen-bond donors (Lipinski definition) is 0.